The van der Waals surface area contributed by atoms with Crippen LogP contribution in [0.5, 0.6) is 11.5 Å². The van der Waals surface area contributed by atoms with Crippen molar-refractivity contribution in [1.29, 1.82) is 0 Å². The van der Waals surface area contributed by atoms with Gasteiger partial charge in [0.25, 0.3) is 0 Å². The summed E-state index contributed by atoms with van der Waals surface area (Å²) in [6.07, 6.45) is 0. The molecule has 0 aromatic heterocycles. The summed E-state index contributed by atoms with van der Waals surface area (Å²) in [4.78, 5) is 0. The third kappa shape index (κ3) is 2.62. The second-order valence-corrected chi connectivity index (χ2v) is 5.10. The highest BCUT2D eigenvalue weighted by atomic mass is 35.5. The SMILES string of the molecule is Fc1cc(Cl)c(NCc2ccc3c(c2)OCO3)c(Cl)c1. The van der Waals surface area contributed by atoms with E-state index in [0.29, 0.717) is 18.0 Å². The lowest BCUT2D eigenvalue weighted by Crippen LogP contribution is -2.01. The predicted octanol–water partition coefficient (Wildman–Crippen LogP) is 4.47. The number of ether oxygens (including phenoxy) is 2. The van der Waals surface area contributed by atoms with E-state index in [4.69, 9.17) is 32.7 Å². The van der Waals surface area contributed by atoms with Gasteiger partial charge < -0.3 is 14.8 Å². The molecule has 3 nitrogen and oxygen atoms in total. The van der Waals surface area contributed by atoms with Crippen molar-refractivity contribution in [3.8, 4) is 11.5 Å². The van der Waals surface area contributed by atoms with Gasteiger partial charge in [0.2, 0.25) is 6.79 Å². The van der Waals surface area contributed by atoms with Gasteiger partial charge in [-0.3, -0.25) is 0 Å². The lowest BCUT2D eigenvalue weighted by atomic mass is 10.2. The Morgan fingerprint density at radius 2 is 1.75 bits per heavy atom. The van der Waals surface area contributed by atoms with E-state index in [0.717, 1.165) is 11.3 Å². The molecule has 104 valence electrons. The Bertz CT molecular complexity index is 641. The van der Waals surface area contributed by atoms with Crippen LogP contribution in [0.15, 0.2) is 30.3 Å². The number of fused-ring (bicyclic) bond motifs is 1. The summed E-state index contributed by atoms with van der Waals surface area (Å²) in [6.45, 7) is 0.726. The molecular weight excluding hydrogens is 304 g/mol. The van der Waals surface area contributed by atoms with Crippen molar-refractivity contribution in [1.82, 2.24) is 0 Å². The summed E-state index contributed by atoms with van der Waals surface area (Å²) in [5.41, 5.74) is 1.48. The maximum atomic E-state index is 13.1. The number of anilines is 1. The molecule has 0 saturated heterocycles. The minimum absolute atomic E-state index is 0.238. The van der Waals surface area contributed by atoms with E-state index in [1.165, 1.54) is 12.1 Å². The van der Waals surface area contributed by atoms with Gasteiger partial charge in [0.15, 0.2) is 11.5 Å². The molecule has 1 aliphatic heterocycles. The van der Waals surface area contributed by atoms with Gasteiger partial charge in [-0.15, -0.1) is 0 Å². The van der Waals surface area contributed by atoms with Crippen LogP contribution in [0.3, 0.4) is 0 Å². The minimum atomic E-state index is -0.464. The van der Waals surface area contributed by atoms with Gasteiger partial charge in [0.1, 0.15) is 5.82 Å². The molecule has 0 spiro atoms. The van der Waals surface area contributed by atoms with Gasteiger partial charge in [-0.25, -0.2) is 4.39 Å². The Balaban J connectivity index is 1.77. The van der Waals surface area contributed by atoms with E-state index in [1.807, 2.05) is 18.2 Å². The van der Waals surface area contributed by atoms with Crippen molar-refractivity contribution < 1.29 is 13.9 Å². The molecule has 0 atom stereocenters. The Labute approximate surface area is 125 Å². The summed E-state index contributed by atoms with van der Waals surface area (Å²) in [7, 11) is 0. The zero-order chi connectivity index (χ0) is 14.1. The Kier molecular flexibility index (Phi) is 3.59. The Hall–Kier alpha value is -1.65. The maximum absolute atomic E-state index is 13.1. The van der Waals surface area contributed by atoms with Crippen LogP contribution < -0.4 is 14.8 Å². The van der Waals surface area contributed by atoms with Crippen molar-refractivity contribution in [2.45, 2.75) is 6.54 Å². The lowest BCUT2D eigenvalue weighted by molar-refractivity contribution is 0.174. The number of nitrogens with one attached hydrogen (secondary N) is 1. The fourth-order valence-electron chi connectivity index (χ4n) is 1.95. The summed E-state index contributed by atoms with van der Waals surface area (Å²) < 4.78 is 23.6. The standard InChI is InChI=1S/C14H10Cl2FNO2/c15-10-4-9(17)5-11(16)14(10)18-6-8-1-2-12-13(3-8)20-7-19-12/h1-5,18H,6-7H2. The van der Waals surface area contributed by atoms with Crippen LogP contribution in [0.1, 0.15) is 5.56 Å². The molecule has 0 saturated carbocycles. The zero-order valence-corrected chi connectivity index (χ0v) is 11.8. The molecule has 20 heavy (non-hydrogen) atoms. The van der Waals surface area contributed by atoms with E-state index in [9.17, 15) is 4.39 Å². The smallest absolute Gasteiger partial charge is 0.231 e. The first-order chi connectivity index (χ1) is 9.63. The molecule has 6 heteroatoms. The quantitative estimate of drug-likeness (QED) is 0.906. The van der Waals surface area contributed by atoms with E-state index < -0.39 is 5.82 Å². The average molecular weight is 314 g/mol. The highest BCUT2D eigenvalue weighted by molar-refractivity contribution is 6.39. The number of hydrogen-bond donors (Lipinski definition) is 1. The molecule has 0 unspecified atom stereocenters. The van der Waals surface area contributed by atoms with E-state index >= 15 is 0 Å². The molecule has 0 bridgehead atoms. The molecular formula is C14H10Cl2FNO2. The summed E-state index contributed by atoms with van der Waals surface area (Å²) in [6, 6.07) is 8.06. The maximum Gasteiger partial charge on any atom is 0.231 e. The van der Waals surface area contributed by atoms with Crippen LogP contribution >= 0.6 is 23.2 Å². The molecule has 1 heterocycles. The molecule has 3 rings (SSSR count). The Morgan fingerprint density at radius 3 is 2.50 bits per heavy atom. The minimum Gasteiger partial charge on any atom is -0.454 e. The van der Waals surface area contributed by atoms with Crippen molar-refractivity contribution in [3.05, 3.63) is 51.8 Å². The number of rotatable bonds is 3. The zero-order valence-electron chi connectivity index (χ0n) is 10.3. The fourth-order valence-corrected chi connectivity index (χ4v) is 2.55. The molecule has 1 aliphatic rings. The highest BCUT2D eigenvalue weighted by Gasteiger charge is 2.14. The lowest BCUT2D eigenvalue weighted by Gasteiger charge is -2.11. The van der Waals surface area contributed by atoms with Crippen LogP contribution in [-0.4, -0.2) is 6.79 Å². The van der Waals surface area contributed by atoms with Crippen LogP contribution in [0.4, 0.5) is 10.1 Å². The highest BCUT2D eigenvalue weighted by Crippen LogP contribution is 2.34. The predicted molar refractivity (Wildman–Crippen MR) is 76.3 cm³/mol. The number of hydrogen-bond acceptors (Lipinski definition) is 3. The van der Waals surface area contributed by atoms with Gasteiger partial charge in [-0.1, -0.05) is 29.3 Å². The number of benzene rings is 2. The van der Waals surface area contributed by atoms with E-state index in [2.05, 4.69) is 5.32 Å². The van der Waals surface area contributed by atoms with Gasteiger partial charge in [0, 0.05) is 6.54 Å². The average Bonchev–Trinajstić information content (AvgIpc) is 2.84. The normalized spacial score (nSPS) is 12.6. The van der Waals surface area contributed by atoms with Crippen molar-refractivity contribution in [2.75, 3.05) is 12.1 Å². The van der Waals surface area contributed by atoms with Crippen molar-refractivity contribution in [2.24, 2.45) is 0 Å². The summed E-state index contributed by atoms with van der Waals surface area (Å²) in [5.74, 6) is 0.973. The van der Waals surface area contributed by atoms with Crippen LogP contribution in [0.2, 0.25) is 10.0 Å². The Morgan fingerprint density at radius 1 is 1.05 bits per heavy atom. The first-order valence-corrected chi connectivity index (χ1v) is 6.66. The number of halogens is 3. The van der Waals surface area contributed by atoms with Crippen LogP contribution in [-0.2, 0) is 6.54 Å². The molecule has 0 amide bonds. The molecule has 2 aromatic carbocycles. The second-order valence-electron chi connectivity index (χ2n) is 4.29. The van der Waals surface area contributed by atoms with Gasteiger partial charge >= 0.3 is 0 Å². The first-order valence-electron chi connectivity index (χ1n) is 5.90. The summed E-state index contributed by atoms with van der Waals surface area (Å²) >= 11 is 11.9. The third-order valence-electron chi connectivity index (χ3n) is 2.91. The third-order valence-corrected chi connectivity index (χ3v) is 3.51. The van der Waals surface area contributed by atoms with Crippen molar-refractivity contribution >= 4 is 28.9 Å². The van der Waals surface area contributed by atoms with E-state index in [1.54, 1.807) is 0 Å². The summed E-state index contributed by atoms with van der Waals surface area (Å²) in [5, 5.41) is 3.58. The van der Waals surface area contributed by atoms with Gasteiger partial charge in [-0.05, 0) is 29.8 Å². The van der Waals surface area contributed by atoms with Crippen molar-refractivity contribution in [3.63, 3.8) is 0 Å². The molecule has 2 aromatic rings. The first kappa shape index (κ1) is 13.3. The molecule has 0 fully saturated rings. The van der Waals surface area contributed by atoms with Crippen LogP contribution in [0.25, 0.3) is 0 Å². The van der Waals surface area contributed by atoms with Gasteiger partial charge in [-0.2, -0.15) is 0 Å². The second kappa shape index (κ2) is 5.38. The van der Waals surface area contributed by atoms with Gasteiger partial charge in [0.05, 0.1) is 15.7 Å². The molecule has 0 radical (unpaired) electrons. The molecule has 0 aliphatic carbocycles. The largest absolute Gasteiger partial charge is 0.454 e. The molecule has 1 N–H and O–H groups in total. The monoisotopic (exact) mass is 313 g/mol. The van der Waals surface area contributed by atoms with Crippen LogP contribution in [0, 0.1) is 5.82 Å². The van der Waals surface area contributed by atoms with E-state index in [-0.39, 0.29) is 16.8 Å². The topological polar surface area (TPSA) is 30.5 Å². The fraction of sp³-hybridized carbons (Fsp3) is 0.143.